The fourth-order valence-electron chi connectivity index (χ4n) is 2.94. The van der Waals surface area contributed by atoms with Gasteiger partial charge in [-0.3, -0.25) is 4.79 Å². The van der Waals surface area contributed by atoms with Gasteiger partial charge in [0.15, 0.2) is 0 Å². The maximum absolute atomic E-state index is 12.6. The Bertz CT molecular complexity index is 494. The van der Waals surface area contributed by atoms with Crippen molar-refractivity contribution < 1.29 is 9.90 Å². The minimum absolute atomic E-state index is 0.0640. The fourth-order valence-corrected chi connectivity index (χ4v) is 2.94. The van der Waals surface area contributed by atoms with E-state index < -0.39 is 6.10 Å². The highest BCUT2D eigenvalue weighted by Gasteiger charge is 2.51. The lowest BCUT2D eigenvalue weighted by molar-refractivity contribution is -0.125. The summed E-state index contributed by atoms with van der Waals surface area (Å²) in [7, 11) is 0. The van der Waals surface area contributed by atoms with Gasteiger partial charge in [-0.15, -0.1) is 0 Å². The molecule has 0 bridgehead atoms. The first kappa shape index (κ1) is 13.6. The van der Waals surface area contributed by atoms with E-state index in [2.05, 4.69) is 34.9 Å². The van der Waals surface area contributed by atoms with E-state index in [1.54, 1.807) is 0 Å². The molecule has 4 nitrogen and oxygen atoms in total. The van der Waals surface area contributed by atoms with Crippen LogP contribution in [-0.4, -0.2) is 36.2 Å². The Balaban J connectivity index is 1.71. The second kappa shape index (κ2) is 5.19. The van der Waals surface area contributed by atoms with Gasteiger partial charge in [0.1, 0.15) is 0 Å². The number of nitrogens with one attached hydrogen (secondary N) is 2. The van der Waals surface area contributed by atoms with Crippen LogP contribution in [0.25, 0.3) is 0 Å². The highest BCUT2D eigenvalue weighted by atomic mass is 16.3. The Kier molecular flexibility index (Phi) is 3.52. The van der Waals surface area contributed by atoms with E-state index in [4.69, 9.17) is 0 Å². The molecule has 2 aliphatic rings. The second-order valence-corrected chi connectivity index (χ2v) is 6.09. The number of carbonyl (C=O) groups excluding carboxylic acids is 1. The van der Waals surface area contributed by atoms with Gasteiger partial charge in [-0.05, 0) is 38.3 Å². The SMILES string of the molecule is Cc1ccc(C2(C(=O)N[C@H]3CNCC[C@H]3O)CC2)cc1. The minimum atomic E-state index is -0.436. The van der Waals surface area contributed by atoms with E-state index in [0.717, 1.165) is 24.9 Å². The van der Waals surface area contributed by atoms with Crippen LogP contribution in [0.1, 0.15) is 30.4 Å². The van der Waals surface area contributed by atoms with Crippen LogP contribution in [-0.2, 0) is 10.2 Å². The quantitative estimate of drug-likeness (QED) is 0.766. The number of piperidine rings is 1. The third-order valence-electron chi connectivity index (χ3n) is 4.55. The molecule has 1 saturated carbocycles. The van der Waals surface area contributed by atoms with Gasteiger partial charge in [-0.25, -0.2) is 0 Å². The molecule has 108 valence electrons. The van der Waals surface area contributed by atoms with Crippen LogP contribution in [0.5, 0.6) is 0 Å². The van der Waals surface area contributed by atoms with Crippen molar-refractivity contribution in [3.8, 4) is 0 Å². The van der Waals surface area contributed by atoms with Crippen LogP contribution < -0.4 is 10.6 Å². The number of aliphatic hydroxyl groups is 1. The van der Waals surface area contributed by atoms with Gasteiger partial charge in [-0.2, -0.15) is 0 Å². The third kappa shape index (κ3) is 2.45. The second-order valence-electron chi connectivity index (χ2n) is 6.09. The molecule has 1 aromatic carbocycles. The van der Waals surface area contributed by atoms with Crippen molar-refractivity contribution >= 4 is 5.91 Å². The van der Waals surface area contributed by atoms with Crippen molar-refractivity contribution in [3.63, 3.8) is 0 Å². The fraction of sp³-hybridized carbons (Fsp3) is 0.562. The Labute approximate surface area is 119 Å². The molecule has 0 aromatic heterocycles. The Morgan fingerprint density at radius 2 is 2.05 bits per heavy atom. The normalized spacial score (nSPS) is 27.9. The Morgan fingerprint density at radius 3 is 2.65 bits per heavy atom. The molecule has 1 heterocycles. The van der Waals surface area contributed by atoms with Crippen LogP contribution in [0.3, 0.4) is 0 Å². The number of carbonyl (C=O) groups is 1. The molecule has 0 spiro atoms. The first-order valence-electron chi connectivity index (χ1n) is 7.39. The van der Waals surface area contributed by atoms with E-state index in [-0.39, 0.29) is 17.4 Å². The molecule has 1 aliphatic heterocycles. The predicted octanol–water partition coefficient (Wildman–Crippen LogP) is 0.866. The molecule has 3 rings (SSSR count). The van der Waals surface area contributed by atoms with Crippen LogP contribution in [0.2, 0.25) is 0 Å². The summed E-state index contributed by atoms with van der Waals surface area (Å²) < 4.78 is 0. The van der Waals surface area contributed by atoms with Crippen LogP contribution in [0.4, 0.5) is 0 Å². The standard InChI is InChI=1S/C16H22N2O2/c1-11-2-4-12(5-3-11)16(7-8-16)15(20)18-13-10-17-9-6-14(13)19/h2-5,13-14,17,19H,6-10H2,1H3,(H,18,20)/t13-,14+/m0/s1. The maximum Gasteiger partial charge on any atom is 0.231 e. The summed E-state index contributed by atoms with van der Waals surface area (Å²) in [6, 6.07) is 8.05. The molecule has 1 saturated heterocycles. The van der Waals surface area contributed by atoms with E-state index in [0.29, 0.717) is 13.0 Å². The lowest BCUT2D eigenvalue weighted by Crippen LogP contribution is -2.55. The number of hydrogen-bond donors (Lipinski definition) is 3. The van der Waals surface area contributed by atoms with Gasteiger partial charge in [0.2, 0.25) is 5.91 Å². The molecule has 2 atom stereocenters. The summed E-state index contributed by atoms with van der Waals surface area (Å²) in [6.07, 6.45) is 2.06. The van der Waals surface area contributed by atoms with E-state index >= 15 is 0 Å². The van der Waals surface area contributed by atoms with Gasteiger partial charge < -0.3 is 15.7 Å². The zero-order valence-electron chi connectivity index (χ0n) is 11.9. The minimum Gasteiger partial charge on any atom is -0.391 e. The predicted molar refractivity (Wildman–Crippen MR) is 77.5 cm³/mol. The number of benzene rings is 1. The van der Waals surface area contributed by atoms with Gasteiger partial charge in [-0.1, -0.05) is 29.8 Å². The average molecular weight is 274 g/mol. The molecule has 0 radical (unpaired) electrons. The molecular formula is C16H22N2O2. The van der Waals surface area contributed by atoms with Crippen LogP contribution in [0, 0.1) is 6.92 Å². The van der Waals surface area contributed by atoms with Gasteiger partial charge in [0, 0.05) is 6.54 Å². The summed E-state index contributed by atoms with van der Waals surface area (Å²) in [5.41, 5.74) is 1.95. The van der Waals surface area contributed by atoms with Crippen molar-refractivity contribution in [2.75, 3.05) is 13.1 Å². The maximum atomic E-state index is 12.6. The van der Waals surface area contributed by atoms with Crippen molar-refractivity contribution in [1.29, 1.82) is 0 Å². The van der Waals surface area contributed by atoms with E-state index in [9.17, 15) is 9.90 Å². The van der Waals surface area contributed by atoms with Crippen molar-refractivity contribution in [2.24, 2.45) is 0 Å². The number of hydrogen-bond acceptors (Lipinski definition) is 3. The number of amides is 1. The third-order valence-corrected chi connectivity index (χ3v) is 4.55. The molecule has 0 unspecified atom stereocenters. The van der Waals surface area contributed by atoms with Gasteiger partial charge >= 0.3 is 0 Å². The summed E-state index contributed by atoms with van der Waals surface area (Å²) in [5, 5.41) is 16.2. The van der Waals surface area contributed by atoms with Crippen LogP contribution >= 0.6 is 0 Å². The molecule has 1 amide bonds. The smallest absolute Gasteiger partial charge is 0.231 e. The largest absolute Gasteiger partial charge is 0.391 e. The zero-order chi connectivity index (χ0) is 14.2. The van der Waals surface area contributed by atoms with Crippen LogP contribution in [0.15, 0.2) is 24.3 Å². The highest BCUT2D eigenvalue weighted by molar-refractivity contribution is 5.91. The molecular weight excluding hydrogens is 252 g/mol. The summed E-state index contributed by atoms with van der Waals surface area (Å²) in [5.74, 6) is 0.0640. The van der Waals surface area contributed by atoms with Crippen molar-refractivity contribution in [2.45, 2.75) is 43.7 Å². The van der Waals surface area contributed by atoms with Crippen molar-refractivity contribution in [3.05, 3.63) is 35.4 Å². The molecule has 3 N–H and O–H groups in total. The summed E-state index contributed by atoms with van der Waals surface area (Å²) in [6.45, 7) is 3.51. The molecule has 1 aliphatic carbocycles. The molecule has 2 fully saturated rings. The Morgan fingerprint density at radius 1 is 1.35 bits per heavy atom. The van der Waals surface area contributed by atoms with Gasteiger partial charge in [0.25, 0.3) is 0 Å². The average Bonchev–Trinajstić information content (AvgIpc) is 3.24. The Hall–Kier alpha value is -1.39. The van der Waals surface area contributed by atoms with Gasteiger partial charge in [0.05, 0.1) is 17.6 Å². The topological polar surface area (TPSA) is 61.4 Å². The molecule has 20 heavy (non-hydrogen) atoms. The van der Waals surface area contributed by atoms with E-state index in [1.165, 1.54) is 5.56 Å². The van der Waals surface area contributed by atoms with E-state index in [1.807, 2.05) is 6.92 Å². The lowest BCUT2D eigenvalue weighted by Gasteiger charge is -2.30. The highest BCUT2D eigenvalue weighted by Crippen LogP contribution is 2.48. The summed E-state index contributed by atoms with van der Waals surface area (Å²) >= 11 is 0. The first-order valence-corrected chi connectivity index (χ1v) is 7.39. The van der Waals surface area contributed by atoms with Crippen molar-refractivity contribution in [1.82, 2.24) is 10.6 Å². The number of aryl methyl sites for hydroxylation is 1. The number of aliphatic hydroxyl groups excluding tert-OH is 1. The molecule has 4 heteroatoms. The number of rotatable bonds is 3. The zero-order valence-corrected chi connectivity index (χ0v) is 11.9. The monoisotopic (exact) mass is 274 g/mol. The molecule has 1 aromatic rings. The lowest BCUT2D eigenvalue weighted by atomic mass is 9.93. The summed E-state index contributed by atoms with van der Waals surface area (Å²) in [4.78, 5) is 12.6. The first-order chi connectivity index (χ1) is 9.62.